The van der Waals surface area contributed by atoms with Crippen LogP contribution in [0.1, 0.15) is 0 Å². The molecular formula is C5H2N3O2. The maximum Gasteiger partial charge on any atom is 0.327 e. The van der Waals surface area contributed by atoms with Gasteiger partial charge in [-0.3, -0.25) is 4.79 Å². The first-order chi connectivity index (χ1) is 4.88. The Morgan fingerprint density at radius 1 is 1.70 bits per heavy atom. The Morgan fingerprint density at radius 3 is 3.40 bits per heavy atom. The summed E-state index contributed by atoms with van der Waals surface area (Å²) in [4.78, 5) is 14.5. The molecule has 0 amide bonds. The third-order valence-corrected chi connectivity index (χ3v) is 1.06. The predicted octanol–water partition coefficient (Wildman–Crippen LogP) is -0.517. The van der Waals surface area contributed by atoms with Crippen LogP contribution in [-0.4, -0.2) is 14.6 Å². The van der Waals surface area contributed by atoms with Crippen LogP contribution in [0.15, 0.2) is 21.8 Å². The molecule has 2 aromatic rings. The molecule has 2 aromatic heterocycles. The van der Waals surface area contributed by atoms with Crippen molar-refractivity contribution in [2.75, 3.05) is 0 Å². The summed E-state index contributed by atoms with van der Waals surface area (Å²) >= 11 is 0. The van der Waals surface area contributed by atoms with E-state index in [0.29, 0.717) is 0 Å². The average molecular weight is 136 g/mol. The molecule has 0 aliphatic heterocycles. The number of aromatic nitrogens is 3. The highest BCUT2D eigenvalue weighted by atomic mass is 16.4. The Morgan fingerprint density at radius 2 is 2.60 bits per heavy atom. The molecule has 49 valence electrons. The summed E-state index contributed by atoms with van der Waals surface area (Å²) < 4.78 is 5.75. The van der Waals surface area contributed by atoms with E-state index in [4.69, 9.17) is 4.42 Å². The molecule has 0 aliphatic rings. The van der Waals surface area contributed by atoms with Crippen LogP contribution >= 0.6 is 0 Å². The van der Waals surface area contributed by atoms with Gasteiger partial charge in [0, 0.05) is 6.20 Å². The normalized spacial score (nSPS) is 10.4. The largest absolute Gasteiger partial charge is 0.410 e. The number of fused-ring (bicyclic) bond motifs is 1. The first-order valence-corrected chi connectivity index (χ1v) is 2.57. The lowest BCUT2D eigenvalue weighted by Gasteiger charge is -1.81. The Bertz CT molecular complexity index is 402. The van der Waals surface area contributed by atoms with E-state index in [2.05, 4.69) is 16.1 Å². The van der Waals surface area contributed by atoms with Crippen molar-refractivity contribution in [1.29, 1.82) is 0 Å². The fraction of sp³-hybridized carbons (Fsp3) is 0. The molecule has 0 aliphatic carbocycles. The lowest BCUT2D eigenvalue weighted by Crippen LogP contribution is -2.12. The smallest absolute Gasteiger partial charge is 0.327 e. The standard InChI is InChI=1S/C5H2N3O2/c9-4-1-2-6-5-8(4)7-3-10-5/h2-3H. The molecule has 0 N–H and O–H groups in total. The van der Waals surface area contributed by atoms with Gasteiger partial charge in [0.25, 0.3) is 5.56 Å². The van der Waals surface area contributed by atoms with E-state index in [1.165, 1.54) is 6.20 Å². The van der Waals surface area contributed by atoms with Crippen LogP contribution in [0.5, 0.6) is 0 Å². The summed E-state index contributed by atoms with van der Waals surface area (Å²) in [6.07, 6.45) is 2.40. The second-order valence-corrected chi connectivity index (χ2v) is 1.64. The molecule has 10 heavy (non-hydrogen) atoms. The lowest BCUT2D eigenvalue weighted by molar-refractivity contribution is 0.586. The topological polar surface area (TPSA) is 60.4 Å². The molecule has 5 heteroatoms. The quantitative estimate of drug-likeness (QED) is 0.489. The predicted molar refractivity (Wildman–Crippen MR) is 30.4 cm³/mol. The number of hydrogen-bond donors (Lipinski definition) is 0. The van der Waals surface area contributed by atoms with Gasteiger partial charge in [-0.25, -0.2) is 4.98 Å². The second kappa shape index (κ2) is 1.66. The molecule has 0 bridgehead atoms. The van der Waals surface area contributed by atoms with Crippen LogP contribution in [0.25, 0.3) is 5.84 Å². The van der Waals surface area contributed by atoms with Gasteiger partial charge in [0.15, 0.2) is 0 Å². The van der Waals surface area contributed by atoms with E-state index in [1.54, 1.807) is 0 Å². The molecule has 1 radical (unpaired) electrons. The van der Waals surface area contributed by atoms with E-state index >= 15 is 0 Å². The van der Waals surface area contributed by atoms with Gasteiger partial charge < -0.3 is 4.42 Å². The summed E-state index contributed by atoms with van der Waals surface area (Å²) in [6.45, 7) is 0. The van der Waals surface area contributed by atoms with Gasteiger partial charge in [-0.1, -0.05) is 0 Å². The van der Waals surface area contributed by atoms with Crippen molar-refractivity contribution in [3.63, 3.8) is 0 Å². The van der Waals surface area contributed by atoms with Gasteiger partial charge in [-0.05, 0) is 0 Å². The van der Waals surface area contributed by atoms with E-state index in [1.807, 2.05) is 0 Å². The van der Waals surface area contributed by atoms with E-state index < -0.39 is 0 Å². The number of nitrogens with zero attached hydrogens (tertiary/aromatic N) is 3. The van der Waals surface area contributed by atoms with Crippen molar-refractivity contribution in [2.45, 2.75) is 0 Å². The van der Waals surface area contributed by atoms with E-state index in [9.17, 15) is 4.79 Å². The first kappa shape index (κ1) is 5.16. The average Bonchev–Trinajstić information content (AvgIpc) is 2.36. The zero-order valence-electron chi connectivity index (χ0n) is 4.81. The fourth-order valence-electron chi connectivity index (χ4n) is 0.645. The minimum Gasteiger partial charge on any atom is -0.410 e. The Balaban J connectivity index is 3.09. The lowest BCUT2D eigenvalue weighted by atomic mass is 10.7. The van der Waals surface area contributed by atoms with Gasteiger partial charge in [0.2, 0.25) is 6.39 Å². The van der Waals surface area contributed by atoms with Crippen LogP contribution in [0.2, 0.25) is 0 Å². The van der Waals surface area contributed by atoms with E-state index in [-0.39, 0.29) is 11.4 Å². The minimum atomic E-state index is -0.362. The highest BCUT2D eigenvalue weighted by Crippen LogP contribution is 1.88. The zero-order valence-corrected chi connectivity index (χ0v) is 4.81. The maximum atomic E-state index is 10.8. The van der Waals surface area contributed by atoms with Gasteiger partial charge in [0.1, 0.15) is 0 Å². The number of rotatable bonds is 0. The van der Waals surface area contributed by atoms with Crippen LogP contribution in [0.4, 0.5) is 0 Å². The van der Waals surface area contributed by atoms with Gasteiger partial charge in [-0.2, -0.15) is 0 Å². The summed E-state index contributed by atoms with van der Waals surface area (Å²) in [5, 5.41) is 3.56. The molecule has 0 fully saturated rings. The molecule has 2 heterocycles. The van der Waals surface area contributed by atoms with Crippen molar-refractivity contribution in [3.05, 3.63) is 29.0 Å². The molecule has 0 atom stereocenters. The minimum absolute atomic E-state index is 0.184. The Labute approximate surface area is 54.9 Å². The van der Waals surface area contributed by atoms with Gasteiger partial charge in [0.05, 0.1) is 6.07 Å². The maximum absolute atomic E-state index is 10.8. The summed E-state index contributed by atoms with van der Waals surface area (Å²) in [5.74, 6) is 0.184. The summed E-state index contributed by atoms with van der Waals surface area (Å²) in [7, 11) is 0. The monoisotopic (exact) mass is 136 g/mol. The molecule has 2 rings (SSSR count). The van der Waals surface area contributed by atoms with Crippen LogP contribution in [0, 0.1) is 6.07 Å². The highest BCUT2D eigenvalue weighted by Gasteiger charge is 1.97. The number of hydrogen-bond acceptors (Lipinski definition) is 4. The fourth-order valence-corrected chi connectivity index (χ4v) is 0.645. The van der Waals surface area contributed by atoms with Crippen molar-refractivity contribution in [3.8, 4) is 0 Å². The molecule has 0 saturated heterocycles. The first-order valence-electron chi connectivity index (χ1n) is 2.57. The molecule has 0 unspecified atom stereocenters. The SMILES string of the molecule is O=c1[c]cnc2ocnn12. The van der Waals surface area contributed by atoms with Crippen LogP contribution < -0.4 is 5.56 Å². The molecule has 0 spiro atoms. The van der Waals surface area contributed by atoms with Crippen molar-refractivity contribution in [1.82, 2.24) is 14.6 Å². The van der Waals surface area contributed by atoms with Crippen molar-refractivity contribution in [2.24, 2.45) is 0 Å². The van der Waals surface area contributed by atoms with Gasteiger partial charge in [-0.15, -0.1) is 9.61 Å². The van der Waals surface area contributed by atoms with Gasteiger partial charge >= 0.3 is 5.84 Å². The van der Waals surface area contributed by atoms with Crippen molar-refractivity contribution >= 4 is 5.84 Å². The molecule has 0 aromatic carbocycles. The Kier molecular flexibility index (Phi) is 0.858. The summed E-state index contributed by atoms with van der Waals surface area (Å²) in [6, 6.07) is 2.33. The van der Waals surface area contributed by atoms with Crippen LogP contribution in [0.3, 0.4) is 0 Å². The highest BCUT2D eigenvalue weighted by molar-refractivity contribution is 5.16. The third kappa shape index (κ3) is 0.540. The summed E-state index contributed by atoms with van der Waals surface area (Å²) in [5.41, 5.74) is -0.362. The Hall–Kier alpha value is -1.65. The molecule has 5 nitrogen and oxygen atoms in total. The van der Waals surface area contributed by atoms with Crippen LogP contribution in [-0.2, 0) is 0 Å². The third-order valence-electron chi connectivity index (χ3n) is 1.06. The zero-order chi connectivity index (χ0) is 6.97. The molecule has 0 saturated carbocycles. The van der Waals surface area contributed by atoms with E-state index in [0.717, 1.165) is 10.9 Å². The second-order valence-electron chi connectivity index (χ2n) is 1.64. The molecular weight excluding hydrogens is 134 g/mol. The van der Waals surface area contributed by atoms with Crippen molar-refractivity contribution < 1.29 is 4.42 Å².